The summed E-state index contributed by atoms with van der Waals surface area (Å²) >= 11 is 3.17. The summed E-state index contributed by atoms with van der Waals surface area (Å²) in [5.74, 6) is 1.55. The third-order valence-corrected chi connectivity index (χ3v) is 6.80. The lowest BCUT2D eigenvalue weighted by atomic mass is 10.0. The Bertz CT molecular complexity index is 968. The maximum Gasteiger partial charge on any atom is 0.273 e. The summed E-state index contributed by atoms with van der Waals surface area (Å²) in [5, 5.41) is 4.80. The van der Waals surface area contributed by atoms with E-state index in [0.717, 1.165) is 46.3 Å². The highest BCUT2D eigenvalue weighted by molar-refractivity contribution is 7.20. The molecular weight excluding hydrogens is 380 g/mol. The van der Waals surface area contributed by atoms with Crippen molar-refractivity contribution in [2.75, 3.05) is 19.8 Å². The molecule has 27 heavy (non-hydrogen) atoms. The minimum atomic E-state index is 0.00597. The van der Waals surface area contributed by atoms with E-state index in [1.54, 1.807) is 11.3 Å². The van der Waals surface area contributed by atoms with E-state index in [1.165, 1.54) is 11.3 Å². The molecule has 1 fully saturated rings. The van der Waals surface area contributed by atoms with Crippen molar-refractivity contribution in [1.29, 1.82) is 0 Å². The Morgan fingerprint density at radius 2 is 2.04 bits per heavy atom. The number of aromatic nitrogens is 1. The van der Waals surface area contributed by atoms with Crippen molar-refractivity contribution in [1.82, 2.24) is 9.88 Å². The predicted octanol–water partition coefficient (Wildman–Crippen LogP) is 4.62. The zero-order chi connectivity index (χ0) is 18.2. The standard InChI is InChI=1S/C20H18N2O3S2/c23-20(14-12-27-19(21-14)18-4-2-10-26-18)22-7-1-3-15(22)13-5-6-16-17(11-13)25-9-8-24-16/h2,4-6,10-12,15H,1,3,7-9H2/t15-/m0/s1. The van der Waals surface area contributed by atoms with Crippen molar-refractivity contribution in [2.24, 2.45) is 0 Å². The van der Waals surface area contributed by atoms with E-state index in [2.05, 4.69) is 4.98 Å². The van der Waals surface area contributed by atoms with Crippen molar-refractivity contribution < 1.29 is 14.3 Å². The van der Waals surface area contributed by atoms with Crippen LogP contribution >= 0.6 is 22.7 Å². The molecule has 0 unspecified atom stereocenters. The van der Waals surface area contributed by atoms with Gasteiger partial charge in [-0.05, 0) is 42.0 Å². The van der Waals surface area contributed by atoms with Gasteiger partial charge in [0.2, 0.25) is 0 Å². The Kier molecular flexibility index (Phi) is 4.33. The van der Waals surface area contributed by atoms with Crippen molar-refractivity contribution in [2.45, 2.75) is 18.9 Å². The number of rotatable bonds is 3. The lowest BCUT2D eigenvalue weighted by Crippen LogP contribution is -2.30. The summed E-state index contributed by atoms with van der Waals surface area (Å²) in [4.78, 5) is 20.8. The zero-order valence-electron chi connectivity index (χ0n) is 14.6. The molecule has 2 aliphatic rings. The molecule has 3 aromatic rings. The first-order valence-electron chi connectivity index (χ1n) is 8.99. The van der Waals surface area contributed by atoms with Crippen LogP contribution in [-0.4, -0.2) is 35.5 Å². The van der Waals surface area contributed by atoms with Gasteiger partial charge in [-0.3, -0.25) is 4.79 Å². The van der Waals surface area contributed by atoms with Crippen LogP contribution in [-0.2, 0) is 0 Å². The van der Waals surface area contributed by atoms with E-state index in [-0.39, 0.29) is 11.9 Å². The lowest BCUT2D eigenvalue weighted by molar-refractivity contribution is 0.0730. The second kappa shape index (κ2) is 6.98. The Hall–Kier alpha value is -2.38. The predicted molar refractivity (Wildman–Crippen MR) is 106 cm³/mol. The molecule has 7 heteroatoms. The van der Waals surface area contributed by atoms with E-state index in [0.29, 0.717) is 18.9 Å². The highest BCUT2D eigenvalue weighted by Crippen LogP contribution is 2.39. The van der Waals surface area contributed by atoms with Crippen LogP contribution in [0.5, 0.6) is 11.5 Å². The fourth-order valence-electron chi connectivity index (χ4n) is 3.66. The summed E-state index contributed by atoms with van der Waals surface area (Å²) in [5.41, 5.74) is 1.63. The van der Waals surface area contributed by atoms with E-state index in [9.17, 15) is 4.79 Å². The first-order valence-corrected chi connectivity index (χ1v) is 10.8. The van der Waals surface area contributed by atoms with E-state index in [4.69, 9.17) is 9.47 Å². The Balaban J connectivity index is 1.40. The van der Waals surface area contributed by atoms with Crippen LogP contribution in [0.15, 0.2) is 41.1 Å². The van der Waals surface area contributed by atoms with Crippen LogP contribution in [0.1, 0.15) is 34.9 Å². The third-order valence-electron chi connectivity index (χ3n) is 4.92. The molecule has 2 aliphatic heterocycles. The molecule has 0 spiro atoms. The summed E-state index contributed by atoms with van der Waals surface area (Å²) in [6, 6.07) is 10.1. The number of likely N-dealkylation sites (tertiary alicyclic amines) is 1. The Labute approximate surface area is 165 Å². The average Bonchev–Trinajstić information content (AvgIpc) is 3.48. The van der Waals surface area contributed by atoms with Crippen molar-refractivity contribution >= 4 is 28.6 Å². The molecule has 5 nitrogen and oxygen atoms in total. The molecule has 0 radical (unpaired) electrons. The fraction of sp³-hybridized carbons (Fsp3) is 0.300. The largest absolute Gasteiger partial charge is 0.486 e. The van der Waals surface area contributed by atoms with E-state index >= 15 is 0 Å². The number of hydrogen-bond donors (Lipinski definition) is 0. The van der Waals surface area contributed by atoms with Gasteiger partial charge in [0.05, 0.1) is 10.9 Å². The molecule has 4 heterocycles. The van der Waals surface area contributed by atoms with Crippen LogP contribution < -0.4 is 9.47 Å². The molecule has 0 N–H and O–H groups in total. The lowest BCUT2D eigenvalue weighted by Gasteiger charge is -2.26. The molecule has 0 saturated carbocycles. The number of fused-ring (bicyclic) bond motifs is 1. The SMILES string of the molecule is O=C(c1csc(-c2cccs2)n1)N1CCC[C@H]1c1ccc2c(c1)OCCO2. The number of thiazole rings is 1. The highest BCUT2D eigenvalue weighted by atomic mass is 32.1. The smallest absolute Gasteiger partial charge is 0.273 e. The summed E-state index contributed by atoms with van der Waals surface area (Å²) in [6.45, 7) is 1.90. The number of amides is 1. The van der Waals surface area contributed by atoms with Crippen molar-refractivity contribution in [3.8, 4) is 21.4 Å². The molecule has 2 aromatic heterocycles. The van der Waals surface area contributed by atoms with Crippen LogP contribution in [0.2, 0.25) is 0 Å². The normalized spacial score (nSPS) is 18.7. The molecule has 0 bridgehead atoms. The number of benzene rings is 1. The zero-order valence-corrected chi connectivity index (χ0v) is 16.2. The van der Waals surface area contributed by atoms with Gasteiger partial charge in [-0.25, -0.2) is 4.98 Å². The summed E-state index contributed by atoms with van der Waals surface area (Å²) in [7, 11) is 0. The van der Waals surface area contributed by atoms with Gasteiger partial charge >= 0.3 is 0 Å². The van der Waals surface area contributed by atoms with Crippen LogP contribution in [0.3, 0.4) is 0 Å². The van der Waals surface area contributed by atoms with Crippen LogP contribution in [0.4, 0.5) is 0 Å². The van der Waals surface area contributed by atoms with Crippen LogP contribution in [0, 0.1) is 0 Å². The van der Waals surface area contributed by atoms with Gasteiger partial charge in [0.1, 0.15) is 23.9 Å². The molecule has 1 saturated heterocycles. The molecular formula is C20H18N2O3S2. The molecule has 5 rings (SSSR count). The van der Waals surface area contributed by atoms with Gasteiger partial charge in [-0.2, -0.15) is 0 Å². The molecule has 138 valence electrons. The maximum atomic E-state index is 13.1. The monoisotopic (exact) mass is 398 g/mol. The van der Waals surface area contributed by atoms with Crippen molar-refractivity contribution in [3.63, 3.8) is 0 Å². The van der Waals surface area contributed by atoms with Gasteiger partial charge in [-0.15, -0.1) is 22.7 Å². The Morgan fingerprint density at radius 1 is 1.15 bits per heavy atom. The van der Waals surface area contributed by atoms with E-state index < -0.39 is 0 Å². The second-order valence-electron chi connectivity index (χ2n) is 6.57. The third kappa shape index (κ3) is 3.11. The fourth-order valence-corrected chi connectivity index (χ4v) is 5.26. The Morgan fingerprint density at radius 3 is 2.89 bits per heavy atom. The second-order valence-corrected chi connectivity index (χ2v) is 8.38. The topological polar surface area (TPSA) is 51.7 Å². The van der Waals surface area contributed by atoms with Gasteiger partial charge < -0.3 is 14.4 Å². The first-order chi connectivity index (χ1) is 13.3. The number of carbonyl (C=O) groups is 1. The van der Waals surface area contributed by atoms with Gasteiger partial charge in [0.15, 0.2) is 11.5 Å². The number of ether oxygens (including phenoxy) is 2. The minimum absolute atomic E-state index is 0.00597. The quantitative estimate of drug-likeness (QED) is 0.646. The van der Waals surface area contributed by atoms with Crippen molar-refractivity contribution in [3.05, 3.63) is 52.3 Å². The maximum absolute atomic E-state index is 13.1. The minimum Gasteiger partial charge on any atom is -0.486 e. The molecule has 1 aromatic carbocycles. The number of carbonyl (C=O) groups excluding carboxylic acids is 1. The van der Waals surface area contributed by atoms with Crippen LogP contribution in [0.25, 0.3) is 9.88 Å². The first kappa shape index (κ1) is 16.8. The van der Waals surface area contributed by atoms with Gasteiger partial charge in [0, 0.05) is 11.9 Å². The van der Waals surface area contributed by atoms with Gasteiger partial charge in [-0.1, -0.05) is 12.1 Å². The molecule has 0 aliphatic carbocycles. The highest BCUT2D eigenvalue weighted by Gasteiger charge is 2.32. The number of nitrogens with zero attached hydrogens (tertiary/aromatic N) is 2. The molecule has 1 amide bonds. The average molecular weight is 399 g/mol. The molecule has 1 atom stereocenters. The number of hydrogen-bond acceptors (Lipinski definition) is 6. The van der Waals surface area contributed by atoms with E-state index in [1.807, 2.05) is 46.0 Å². The summed E-state index contributed by atoms with van der Waals surface area (Å²) in [6.07, 6.45) is 1.94. The summed E-state index contributed by atoms with van der Waals surface area (Å²) < 4.78 is 11.3. The number of thiophene rings is 1. The van der Waals surface area contributed by atoms with Gasteiger partial charge in [0.25, 0.3) is 5.91 Å².